The van der Waals surface area contributed by atoms with E-state index in [1.54, 1.807) is 13.1 Å². The first kappa shape index (κ1) is 15.1. The standard InChI is InChI=1S/C18H17NO4/c1-19-17(20)14-9-12(18(21)22-2)8-13-15(10-23-16(13)14)11-6-4-3-5-7-11/h3-9,15H,10H2,1-2H3,(H,19,20). The van der Waals surface area contributed by atoms with Gasteiger partial charge in [-0.2, -0.15) is 0 Å². The number of nitrogens with one attached hydrogen (secondary N) is 1. The zero-order valence-corrected chi connectivity index (χ0v) is 13.0. The molecule has 0 fully saturated rings. The first-order valence-electron chi connectivity index (χ1n) is 7.31. The molecular formula is C18H17NO4. The third-order valence-corrected chi connectivity index (χ3v) is 3.98. The number of ether oxygens (including phenoxy) is 2. The van der Waals surface area contributed by atoms with Gasteiger partial charge >= 0.3 is 5.97 Å². The number of fused-ring (bicyclic) bond motifs is 1. The lowest BCUT2D eigenvalue weighted by Crippen LogP contribution is -2.19. The molecule has 2 aromatic carbocycles. The Morgan fingerprint density at radius 2 is 1.96 bits per heavy atom. The second-order valence-electron chi connectivity index (χ2n) is 5.29. The van der Waals surface area contributed by atoms with E-state index in [-0.39, 0.29) is 11.8 Å². The van der Waals surface area contributed by atoms with Crippen molar-refractivity contribution in [1.82, 2.24) is 5.32 Å². The van der Waals surface area contributed by atoms with Crippen LogP contribution in [0.15, 0.2) is 42.5 Å². The van der Waals surface area contributed by atoms with Gasteiger partial charge in [0.1, 0.15) is 5.75 Å². The van der Waals surface area contributed by atoms with Gasteiger partial charge in [0.25, 0.3) is 5.91 Å². The van der Waals surface area contributed by atoms with Crippen LogP contribution in [0.4, 0.5) is 0 Å². The summed E-state index contributed by atoms with van der Waals surface area (Å²) in [6.07, 6.45) is 0. The Labute approximate surface area is 134 Å². The van der Waals surface area contributed by atoms with Gasteiger partial charge in [0, 0.05) is 18.5 Å². The molecule has 1 atom stereocenters. The molecule has 0 aromatic heterocycles. The molecule has 0 aliphatic carbocycles. The maximum Gasteiger partial charge on any atom is 0.337 e. The van der Waals surface area contributed by atoms with Gasteiger partial charge in [0.15, 0.2) is 0 Å². The van der Waals surface area contributed by atoms with Crippen molar-refractivity contribution >= 4 is 11.9 Å². The molecule has 5 heteroatoms. The third kappa shape index (κ3) is 2.65. The summed E-state index contributed by atoms with van der Waals surface area (Å²) in [7, 11) is 2.86. The Morgan fingerprint density at radius 3 is 2.61 bits per heavy atom. The van der Waals surface area contributed by atoms with Gasteiger partial charge in [0.05, 0.1) is 24.8 Å². The van der Waals surface area contributed by atoms with E-state index in [1.807, 2.05) is 30.3 Å². The molecule has 0 radical (unpaired) electrons. The van der Waals surface area contributed by atoms with E-state index in [4.69, 9.17) is 9.47 Å². The van der Waals surface area contributed by atoms with E-state index < -0.39 is 5.97 Å². The van der Waals surface area contributed by atoms with E-state index in [9.17, 15) is 9.59 Å². The summed E-state index contributed by atoms with van der Waals surface area (Å²) >= 11 is 0. The fourth-order valence-electron chi connectivity index (χ4n) is 2.83. The maximum atomic E-state index is 12.1. The lowest BCUT2D eigenvalue weighted by Gasteiger charge is -2.12. The lowest BCUT2D eigenvalue weighted by atomic mass is 9.90. The van der Waals surface area contributed by atoms with Crippen molar-refractivity contribution in [2.75, 3.05) is 20.8 Å². The molecule has 1 unspecified atom stereocenters. The minimum Gasteiger partial charge on any atom is -0.491 e. The predicted molar refractivity (Wildman–Crippen MR) is 85.0 cm³/mol. The van der Waals surface area contributed by atoms with Crippen molar-refractivity contribution < 1.29 is 19.1 Å². The van der Waals surface area contributed by atoms with E-state index in [2.05, 4.69) is 5.32 Å². The highest BCUT2D eigenvalue weighted by Crippen LogP contribution is 2.41. The fourth-order valence-corrected chi connectivity index (χ4v) is 2.83. The summed E-state index contributed by atoms with van der Waals surface area (Å²) in [5.74, 6) is -0.248. The van der Waals surface area contributed by atoms with E-state index in [0.717, 1.165) is 11.1 Å². The second kappa shape index (κ2) is 6.12. The predicted octanol–water partition coefficient (Wildman–Crippen LogP) is 2.36. The van der Waals surface area contributed by atoms with Crippen LogP contribution in [0.2, 0.25) is 0 Å². The Kier molecular flexibility index (Phi) is 4.02. The van der Waals surface area contributed by atoms with Crippen molar-refractivity contribution in [3.05, 3.63) is 64.7 Å². The largest absolute Gasteiger partial charge is 0.491 e. The zero-order valence-electron chi connectivity index (χ0n) is 13.0. The van der Waals surface area contributed by atoms with Crippen LogP contribution in [0, 0.1) is 0 Å². The first-order valence-corrected chi connectivity index (χ1v) is 7.31. The Bertz CT molecular complexity index is 755. The molecule has 0 spiro atoms. The average Bonchev–Trinajstić information content (AvgIpc) is 3.04. The number of rotatable bonds is 3. The van der Waals surface area contributed by atoms with E-state index in [0.29, 0.717) is 23.5 Å². The van der Waals surface area contributed by atoms with E-state index in [1.165, 1.54) is 13.2 Å². The topological polar surface area (TPSA) is 64.6 Å². The molecule has 1 N–H and O–H groups in total. The molecule has 1 aliphatic heterocycles. The smallest absolute Gasteiger partial charge is 0.337 e. The van der Waals surface area contributed by atoms with Gasteiger partial charge in [-0.1, -0.05) is 30.3 Å². The van der Waals surface area contributed by atoms with Crippen molar-refractivity contribution in [2.24, 2.45) is 0 Å². The lowest BCUT2D eigenvalue weighted by molar-refractivity contribution is 0.0600. The minimum absolute atomic E-state index is 0.0146. The molecule has 23 heavy (non-hydrogen) atoms. The average molecular weight is 311 g/mol. The summed E-state index contributed by atoms with van der Waals surface area (Å²) in [5, 5.41) is 2.58. The minimum atomic E-state index is -0.475. The van der Waals surface area contributed by atoms with Crippen LogP contribution in [0.25, 0.3) is 0 Å². The zero-order chi connectivity index (χ0) is 16.4. The van der Waals surface area contributed by atoms with Gasteiger partial charge in [-0.05, 0) is 17.7 Å². The quantitative estimate of drug-likeness (QED) is 0.884. The Balaban J connectivity index is 2.15. The van der Waals surface area contributed by atoms with Crippen LogP contribution in [-0.2, 0) is 4.74 Å². The number of carbonyl (C=O) groups excluding carboxylic acids is 2. The van der Waals surface area contributed by atoms with Gasteiger partial charge < -0.3 is 14.8 Å². The van der Waals surface area contributed by atoms with Gasteiger partial charge in [-0.25, -0.2) is 4.79 Å². The molecule has 0 bridgehead atoms. The van der Waals surface area contributed by atoms with Crippen LogP contribution >= 0.6 is 0 Å². The van der Waals surface area contributed by atoms with Crippen LogP contribution in [0.5, 0.6) is 5.75 Å². The number of hydrogen-bond acceptors (Lipinski definition) is 4. The molecule has 1 amide bonds. The van der Waals surface area contributed by atoms with Crippen LogP contribution in [0.1, 0.15) is 37.8 Å². The normalized spacial score (nSPS) is 15.5. The molecule has 0 saturated heterocycles. The maximum absolute atomic E-state index is 12.1. The van der Waals surface area contributed by atoms with Crippen molar-refractivity contribution in [3.63, 3.8) is 0 Å². The summed E-state index contributed by atoms with van der Waals surface area (Å²) in [4.78, 5) is 24.1. The highest BCUT2D eigenvalue weighted by Gasteiger charge is 2.31. The number of carbonyl (C=O) groups is 2. The van der Waals surface area contributed by atoms with Crippen LogP contribution in [-0.4, -0.2) is 32.6 Å². The third-order valence-electron chi connectivity index (χ3n) is 3.98. The van der Waals surface area contributed by atoms with E-state index >= 15 is 0 Å². The van der Waals surface area contributed by atoms with Crippen molar-refractivity contribution in [3.8, 4) is 5.75 Å². The van der Waals surface area contributed by atoms with Crippen LogP contribution in [0.3, 0.4) is 0 Å². The highest BCUT2D eigenvalue weighted by molar-refractivity contribution is 6.01. The summed E-state index contributed by atoms with van der Waals surface area (Å²) in [6.45, 7) is 0.438. The van der Waals surface area contributed by atoms with Crippen LogP contribution < -0.4 is 10.1 Å². The molecule has 3 rings (SSSR count). The summed E-state index contributed by atoms with van der Waals surface area (Å²) in [5.41, 5.74) is 2.61. The monoisotopic (exact) mass is 311 g/mol. The molecule has 0 saturated carbocycles. The molecule has 2 aromatic rings. The Hall–Kier alpha value is -2.82. The first-order chi connectivity index (χ1) is 11.2. The SMILES string of the molecule is CNC(=O)c1cc(C(=O)OC)cc2c1OCC2c1ccccc1. The van der Waals surface area contributed by atoms with Gasteiger partial charge in [0.2, 0.25) is 0 Å². The fraction of sp³-hybridized carbons (Fsp3) is 0.222. The number of hydrogen-bond donors (Lipinski definition) is 1. The summed E-state index contributed by atoms with van der Waals surface area (Å²) < 4.78 is 10.6. The van der Waals surface area contributed by atoms with Crippen molar-refractivity contribution in [2.45, 2.75) is 5.92 Å². The molecule has 118 valence electrons. The summed E-state index contributed by atoms with van der Waals surface area (Å²) in [6, 6.07) is 13.1. The number of benzene rings is 2. The molecular weight excluding hydrogens is 294 g/mol. The number of esters is 1. The van der Waals surface area contributed by atoms with Gasteiger partial charge in [-0.3, -0.25) is 4.79 Å². The molecule has 1 heterocycles. The Morgan fingerprint density at radius 1 is 1.22 bits per heavy atom. The number of amides is 1. The van der Waals surface area contributed by atoms with Crippen molar-refractivity contribution in [1.29, 1.82) is 0 Å². The number of methoxy groups -OCH3 is 1. The van der Waals surface area contributed by atoms with Gasteiger partial charge in [-0.15, -0.1) is 0 Å². The second-order valence-corrected chi connectivity index (χ2v) is 5.29. The highest BCUT2D eigenvalue weighted by atomic mass is 16.5. The molecule has 1 aliphatic rings. The molecule has 5 nitrogen and oxygen atoms in total.